The van der Waals surface area contributed by atoms with Crippen molar-refractivity contribution in [3.05, 3.63) is 35.8 Å². The molecule has 3 heterocycles. The molecule has 42 heavy (non-hydrogen) atoms. The van der Waals surface area contributed by atoms with Gasteiger partial charge in [-0.25, -0.2) is 29.1 Å². The zero-order chi connectivity index (χ0) is 31.0. The van der Waals surface area contributed by atoms with Gasteiger partial charge < -0.3 is 20.1 Å². The Hall–Kier alpha value is -4.41. The third-order valence-corrected chi connectivity index (χ3v) is 6.19. The van der Waals surface area contributed by atoms with Crippen LogP contribution in [0.3, 0.4) is 0 Å². The Morgan fingerprint density at radius 2 is 1.69 bits per heavy atom. The van der Waals surface area contributed by atoms with Gasteiger partial charge in [-0.1, -0.05) is 0 Å². The van der Waals surface area contributed by atoms with E-state index in [-0.39, 0.29) is 40.3 Å². The number of pyridine rings is 1. The molecule has 1 fully saturated rings. The van der Waals surface area contributed by atoms with E-state index in [1.54, 1.807) is 41.5 Å². The molecule has 0 spiro atoms. The van der Waals surface area contributed by atoms with Gasteiger partial charge in [0.15, 0.2) is 5.65 Å². The molecule has 1 aliphatic rings. The number of hydrogen-bond acceptors (Lipinski definition) is 9. The number of hydrogen-bond donors (Lipinski definition) is 2. The van der Waals surface area contributed by atoms with Gasteiger partial charge in [-0.05, 0) is 72.9 Å². The molecule has 0 unspecified atom stereocenters. The van der Waals surface area contributed by atoms with Crippen LogP contribution < -0.4 is 10.6 Å². The molecule has 3 aromatic heterocycles. The third kappa shape index (κ3) is 7.26. The van der Waals surface area contributed by atoms with Crippen molar-refractivity contribution in [1.82, 2.24) is 24.8 Å². The Morgan fingerprint density at radius 3 is 2.31 bits per heavy atom. The Bertz CT molecular complexity index is 1550. The lowest BCUT2D eigenvalue weighted by Gasteiger charge is -2.22. The monoisotopic (exact) mass is 587 g/mol. The molecule has 0 aliphatic heterocycles. The number of amides is 1. The van der Waals surface area contributed by atoms with Gasteiger partial charge in [0.1, 0.15) is 28.5 Å². The Labute approximate surface area is 240 Å². The fourth-order valence-corrected chi connectivity index (χ4v) is 4.57. The van der Waals surface area contributed by atoms with E-state index in [9.17, 15) is 28.0 Å². The van der Waals surface area contributed by atoms with Crippen LogP contribution in [0.5, 0.6) is 0 Å². The number of fused-ring (bicyclic) bond motifs is 1. The summed E-state index contributed by atoms with van der Waals surface area (Å²) in [6.45, 7) is 10.2. The number of aromatic nitrogens is 4. The molecule has 4 rings (SSSR count). The molecule has 1 aliphatic carbocycles. The number of nitriles is 1. The highest BCUT2D eigenvalue weighted by Gasteiger charge is 2.37. The van der Waals surface area contributed by atoms with Crippen molar-refractivity contribution in [3.8, 4) is 17.3 Å². The fourth-order valence-electron chi connectivity index (χ4n) is 4.57. The highest BCUT2D eigenvalue weighted by atomic mass is 19.4. The van der Waals surface area contributed by atoms with Crippen LogP contribution in [0.15, 0.2) is 24.5 Å². The van der Waals surface area contributed by atoms with E-state index in [1.165, 1.54) is 18.3 Å². The minimum Gasteiger partial charge on any atom is -0.444 e. The Morgan fingerprint density at radius 1 is 1.02 bits per heavy atom. The van der Waals surface area contributed by atoms with Crippen molar-refractivity contribution in [2.24, 2.45) is 0 Å². The number of alkyl halides is 3. The lowest BCUT2D eigenvalue weighted by Crippen LogP contribution is -2.38. The van der Waals surface area contributed by atoms with Crippen LogP contribution in [-0.4, -0.2) is 55.0 Å². The SMILES string of the molecule is CC(C)(C)OC(=O)N[C@H]1CC[C@H](Nc2ncc(C(F)(F)F)c(-c3cn(C(=O)OC(C)(C)C)c4nc(C#N)ccc34)n2)C1. The number of anilines is 1. The summed E-state index contributed by atoms with van der Waals surface area (Å²) in [5.74, 6) is -0.0549. The van der Waals surface area contributed by atoms with Crippen LogP contribution in [0, 0.1) is 11.3 Å². The summed E-state index contributed by atoms with van der Waals surface area (Å²) in [6.07, 6.45) is -2.66. The van der Waals surface area contributed by atoms with Gasteiger partial charge in [-0.2, -0.15) is 18.4 Å². The molecular weight excluding hydrogens is 555 g/mol. The maximum absolute atomic E-state index is 14.2. The lowest BCUT2D eigenvalue weighted by atomic mass is 10.1. The number of carbonyl (C=O) groups is 2. The van der Waals surface area contributed by atoms with Gasteiger partial charge >= 0.3 is 18.4 Å². The van der Waals surface area contributed by atoms with Crippen LogP contribution in [0.2, 0.25) is 0 Å². The molecule has 3 aromatic rings. The molecule has 0 bridgehead atoms. The molecule has 1 saturated carbocycles. The first-order chi connectivity index (χ1) is 19.4. The second-order valence-electron chi connectivity index (χ2n) is 12.0. The van der Waals surface area contributed by atoms with Crippen LogP contribution in [0.1, 0.15) is 72.1 Å². The van der Waals surface area contributed by atoms with E-state index in [1.807, 2.05) is 6.07 Å². The normalized spacial score (nSPS) is 17.5. The summed E-state index contributed by atoms with van der Waals surface area (Å²) < 4.78 is 54.2. The topological polar surface area (TPSA) is 144 Å². The number of alkyl carbamates (subject to hydrolysis) is 1. The first-order valence-corrected chi connectivity index (χ1v) is 13.3. The molecule has 0 radical (unpaired) electrons. The Balaban J connectivity index is 1.69. The predicted octanol–water partition coefficient (Wildman–Crippen LogP) is 6.02. The number of carbonyl (C=O) groups excluding carboxylic acids is 2. The summed E-state index contributed by atoms with van der Waals surface area (Å²) >= 11 is 0. The van der Waals surface area contributed by atoms with Crippen LogP contribution in [0.25, 0.3) is 22.3 Å². The highest BCUT2D eigenvalue weighted by molar-refractivity contribution is 5.99. The molecule has 0 saturated heterocycles. The number of nitrogens with zero attached hydrogens (tertiary/aromatic N) is 5. The summed E-state index contributed by atoms with van der Waals surface area (Å²) in [5.41, 5.74) is -3.26. The van der Waals surface area contributed by atoms with Crippen LogP contribution in [-0.2, 0) is 15.7 Å². The van der Waals surface area contributed by atoms with E-state index >= 15 is 0 Å². The van der Waals surface area contributed by atoms with E-state index < -0.39 is 40.8 Å². The standard InChI is InChI=1S/C28H32F3N7O4/c1-26(2,3)41-24(39)36-16-8-7-15(11-16)35-23-33-13-20(28(29,30)31)21(37-23)19-14-38(25(40)42-27(4,5)6)22-18(19)10-9-17(12-32)34-22/h9-10,13-16H,7-8,11H2,1-6H3,(H,36,39)(H,33,35,37)/t15-,16-/m0/s1. The van der Waals surface area contributed by atoms with Gasteiger partial charge in [-0.15, -0.1) is 0 Å². The van der Waals surface area contributed by atoms with E-state index in [0.29, 0.717) is 25.5 Å². The maximum Gasteiger partial charge on any atom is 0.420 e. The second-order valence-corrected chi connectivity index (χ2v) is 12.0. The summed E-state index contributed by atoms with van der Waals surface area (Å²) in [5, 5.41) is 15.4. The van der Waals surface area contributed by atoms with E-state index in [2.05, 4.69) is 25.6 Å². The molecule has 0 aromatic carbocycles. The van der Waals surface area contributed by atoms with Gasteiger partial charge in [0.05, 0.1) is 5.69 Å². The minimum atomic E-state index is -4.82. The zero-order valence-corrected chi connectivity index (χ0v) is 24.1. The summed E-state index contributed by atoms with van der Waals surface area (Å²) in [6, 6.07) is 4.20. The first-order valence-electron chi connectivity index (χ1n) is 13.3. The number of rotatable bonds is 4. The van der Waals surface area contributed by atoms with Crippen LogP contribution in [0.4, 0.5) is 28.7 Å². The molecule has 11 nitrogen and oxygen atoms in total. The minimum absolute atomic E-state index is 0.0335. The van der Waals surface area contributed by atoms with E-state index in [0.717, 1.165) is 4.57 Å². The van der Waals surface area contributed by atoms with Gasteiger partial charge in [0, 0.05) is 35.4 Å². The van der Waals surface area contributed by atoms with E-state index in [4.69, 9.17) is 9.47 Å². The smallest absolute Gasteiger partial charge is 0.420 e. The predicted molar refractivity (Wildman–Crippen MR) is 147 cm³/mol. The average Bonchev–Trinajstić information content (AvgIpc) is 3.44. The molecule has 2 atom stereocenters. The van der Waals surface area contributed by atoms with Crippen molar-refractivity contribution in [1.29, 1.82) is 5.26 Å². The molecule has 224 valence electrons. The van der Waals surface area contributed by atoms with Crippen molar-refractivity contribution in [2.75, 3.05) is 5.32 Å². The summed E-state index contributed by atoms with van der Waals surface area (Å²) in [7, 11) is 0. The number of nitrogens with one attached hydrogen (secondary N) is 2. The second kappa shape index (κ2) is 11.1. The first kappa shape index (κ1) is 30.5. The largest absolute Gasteiger partial charge is 0.444 e. The third-order valence-electron chi connectivity index (χ3n) is 6.19. The highest BCUT2D eigenvalue weighted by Crippen LogP contribution is 2.39. The maximum atomic E-state index is 14.2. The lowest BCUT2D eigenvalue weighted by molar-refractivity contribution is -0.137. The number of ether oxygens (including phenoxy) is 2. The van der Waals surface area contributed by atoms with Gasteiger partial charge in [0.25, 0.3) is 0 Å². The average molecular weight is 588 g/mol. The fraction of sp³-hybridized carbons (Fsp3) is 0.500. The molecular formula is C28H32F3N7O4. The van der Waals surface area contributed by atoms with Crippen molar-refractivity contribution < 1.29 is 32.2 Å². The zero-order valence-electron chi connectivity index (χ0n) is 24.1. The molecule has 1 amide bonds. The molecule has 14 heteroatoms. The Kier molecular flexibility index (Phi) is 8.08. The van der Waals surface area contributed by atoms with Crippen molar-refractivity contribution in [3.63, 3.8) is 0 Å². The van der Waals surface area contributed by atoms with Crippen molar-refractivity contribution >= 4 is 29.2 Å². The van der Waals surface area contributed by atoms with Gasteiger partial charge in [0.2, 0.25) is 5.95 Å². The van der Waals surface area contributed by atoms with Gasteiger partial charge in [-0.3, -0.25) is 0 Å². The van der Waals surface area contributed by atoms with Crippen molar-refractivity contribution in [2.45, 2.75) is 90.3 Å². The number of halogens is 3. The molecule has 2 N–H and O–H groups in total. The summed E-state index contributed by atoms with van der Waals surface area (Å²) in [4.78, 5) is 37.4. The quantitative estimate of drug-likeness (QED) is 0.374. The van der Waals surface area contributed by atoms with Crippen LogP contribution >= 0.6 is 0 Å².